The molecule has 148 valence electrons. The van der Waals surface area contributed by atoms with E-state index in [0.29, 0.717) is 31.5 Å². The van der Waals surface area contributed by atoms with Crippen molar-refractivity contribution >= 4 is 28.5 Å². The van der Waals surface area contributed by atoms with Crippen LogP contribution in [0.2, 0.25) is 0 Å². The molecular weight excluding hydrogens is 356 g/mol. The Morgan fingerprint density at radius 1 is 1.00 bits per heavy atom. The molecule has 6 heteroatoms. The van der Waals surface area contributed by atoms with Crippen molar-refractivity contribution in [2.45, 2.75) is 46.0 Å². The van der Waals surface area contributed by atoms with Crippen LogP contribution in [0.15, 0.2) is 27.4 Å². The lowest BCUT2D eigenvalue weighted by Gasteiger charge is -2.36. The smallest absolute Gasteiger partial charge is 0.336 e. The van der Waals surface area contributed by atoms with Crippen molar-refractivity contribution in [2.24, 2.45) is 11.8 Å². The van der Waals surface area contributed by atoms with Crippen LogP contribution in [0.4, 0.5) is 5.69 Å². The summed E-state index contributed by atoms with van der Waals surface area (Å²) >= 11 is 0. The molecule has 0 bridgehead atoms. The molecule has 2 aromatic rings. The van der Waals surface area contributed by atoms with Crippen LogP contribution in [0.1, 0.15) is 43.2 Å². The molecule has 2 heterocycles. The number of hydrogen-bond acceptors (Lipinski definition) is 4. The molecule has 4 rings (SSSR count). The Bertz CT molecular complexity index is 982. The SMILES string of the molecule is Cc1cc2oc(=O)cc(C)c2cc1NC(=O)C1CCN(C(=O)C2CCC2)CC1. The Kier molecular flexibility index (Phi) is 4.96. The molecule has 0 unspecified atom stereocenters. The van der Waals surface area contributed by atoms with Gasteiger partial charge in [0.15, 0.2) is 0 Å². The van der Waals surface area contributed by atoms with Gasteiger partial charge in [-0.15, -0.1) is 0 Å². The zero-order chi connectivity index (χ0) is 19.8. The molecule has 0 spiro atoms. The number of piperidine rings is 1. The van der Waals surface area contributed by atoms with E-state index in [2.05, 4.69) is 5.32 Å². The van der Waals surface area contributed by atoms with Crippen molar-refractivity contribution in [3.05, 3.63) is 39.7 Å². The molecule has 0 atom stereocenters. The second kappa shape index (κ2) is 7.41. The molecule has 1 saturated carbocycles. The van der Waals surface area contributed by atoms with Crippen LogP contribution in [0, 0.1) is 25.7 Å². The third-order valence-corrected chi connectivity index (χ3v) is 6.19. The lowest BCUT2D eigenvalue weighted by Crippen LogP contribution is -2.45. The fraction of sp³-hybridized carbons (Fsp3) is 0.500. The number of amides is 2. The maximum absolute atomic E-state index is 12.8. The van der Waals surface area contributed by atoms with Gasteiger partial charge in [0.25, 0.3) is 0 Å². The van der Waals surface area contributed by atoms with Crippen molar-refractivity contribution in [3.8, 4) is 0 Å². The second-order valence-electron chi connectivity index (χ2n) is 8.13. The van der Waals surface area contributed by atoms with Gasteiger partial charge in [0.05, 0.1) is 0 Å². The summed E-state index contributed by atoms with van der Waals surface area (Å²) in [7, 11) is 0. The molecule has 2 fully saturated rings. The van der Waals surface area contributed by atoms with E-state index < -0.39 is 0 Å². The number of nitrogens with zero attached hydrogens (tertiary/aromatic N) is 1. The number of anilines is 1. The number of nitrogens with one attached hydrogen (secondary N) is 1. The standard InChI is InChI=1S/C22H26N2O4/c1-13-11-20(25)28-19-10-14(2)18(12-17(13)19)23-21(26)15-6-8-24(9-7-15)22(27)16-4-3-5-16/h10-12,15-16H,3-9H2,1-2H3,(H,23,26). The van der Waals surface area contributed by atoms with Crippen LogP contribution < -0.4 is 10.9 Å². The molecule has 2 amide bonds. The monoisotopic (exact) mass is 382 g/mol. The summed E-state index contributed by atoms with van der Waals surface area (Å²) in [5.74, 6) is 0.393. The van der Waals surface area contributed by atoms with Gasteiger partial charge >= 0.3 is 5.63 Å². The van der Waals surface area contributed by atoms with Crippen LogP contribution in [-0.2, 0) is 9.59 Å². The summed E-state index contributed by atoms with van der Waals surface area (Å²) in [6, 6.07) is 5.12. The molecule has 6 nitrogen and oxygen atoms in total. The van der Waals surface area contributed by atoms with Gasteiger partial charge in [0.2, 0.25) is 11.8 Å². The lowest BCUT2D eigenvalue weighted by atomic mass is 9.83. The molecule has 0 radical (unpaired) electrons. The van der Waals surface area contributed by atoms with Gasteiger partial charge in [-0.1, -0.05) is 6.42 Å². The minimum Gasteiger partial charge on any atom is -0.423 e. The highest BCUT2D eigenvalue weighted by atomic mass is 16.4. The topological polar surface area (TPSA) is 79.6 Å². The summed E-state index contributed by atoms with van der Waals surface area (Å²) in [5, 5.41) is 3.86. The van der Waals surface area contributed by atoms with Crippen molar-refractivity contribution in [1.29, 1.82) is 0 Å². The summed E-state index contributed by atoms with van der Waals surface area (Å²) in [4.78, 5) is 38.6. The van der Waals surface area contributed by atoms with Crippen LogP contribution in [-0.4, -0.2) is 29.8 Å². The van der Waals surface area contributed by atoms with Gasteiger partial charge < -0.3 is 14.6 Å². The fourth-order valence-corrected chi connectivity index (χ4v) is 4.11. The van der Waals surface area contributed by atoms with E-state index in [0.717, 1.165) is 41.5 Å². The maximum Gasteiger partial charge on any atom is 0.336 e. The van der Waals surface area contributed by atoms with Gasteiger partial charge in [0.1, 0.15) is 5.58 Å². The van der Waals surface area contributed by atoms with Gasteiger partial charge in [-0.25, -0.2) is 4.79 Å². The molecule has 1 aliphatic carbocycles. The number of hydrogen-bond donors (Lipinski definition) is 1. The zero-order valence-electron chi connectivity index (χ0n) is 16.4. The number of rotatable bonds is 3. The van der Waals surface area contributed by atoms with Crippen LogP contribution in [0.5, 0.6) is 0 Å². The third-order valence-electron chi connectivity index (χ3n) is 6.19. The average molecular weight is 382 g/mol. The normalized spacial score (nSPS) is 18.1. The van der Waals surface area contributed by atoms with Gasteiger partial charge in [0, 0.05) is 42.1 Å². The predicted octanol–water partition coefficient (Wildman–Crippen LogP) is 3.39. The van der Waals surface area contributed by atoms with Crippen molar-refractivity contribution < 1.29 is 14.0 Å². The highest BCUT2D eigenvalue weighted by Crippen LogP contribution is 2.31. The molecule has 1 N–H and O–H groups in total. The highest BCUT2D eigenvalue weighted by Gasteiger charge is 2.33. The largest absolute Gasteiger partial charge is 0.423 e. The molecule has 1 aromatic heterocycles. The number of benzene rings is 1. The van der Waals surface area contributed by atoms with E-state index in [9.17, 15) is 14.4 Å². The predicted molar refractivity (Wildman–Crippen MR) is 107 cm³/mol. The minimum absolute atomic E-state index is 0.00627. The molecular formula is C22H26N2O4. The first-order valence-corrected chi connectivity index (χ1v) is 10.1. The molecule has 2 aliphatic rings. The first kappa shape index (κ1) is 18.7. The van der Waals surface area contributed by atoms with Crippen molar-refractivity contribution in [1.82, 2.24) is 4.90 Å². The van der Waals surface area contributed by atoms with Crippen LogP contribution in [0.3, 0.4) is 0 Å². The van der Waals surface area contributed by atoms with Crippen molar-refractivity contribution in [3.63, 3.8) is 0 Å². The van der Waals surface area contributed by atoms with Gasteiger partial charge in [-0.2, -0.15) is 0 Å². The van der Waals surface area contributed by atoms with Gasteiger partial charge in [-0.05, 0) is 62.8 Å². The first-order valence-electron chi connectivity index (χ1n) is 10.1. The number of aryl methyl sites for hydroxylation is 2. The van der Waals surface area contributed by atoms with Crippen LogP contribution in [0.25, 0.3) is 11.0 Å². The van der Waals surface area contributed by atoms with E-state index in [1.807, 2.05) is 24.8 Å². The number of carbonyl (C=O) groups excluding carboxylic acids is 2. The molecule has 1 saturated heterocycles. The van der Waals surface area contributed by atoms with Gasteiger partial charge in [-0.3, -0.25) is 9.59 Å². The highest BCUT2D eigenvalue weighted by molar-refractivity contribution is 5.96. The van der Waals surface area contributed by atoms with E-state index in [1.54, 1.807) is 6.07 Å². The Hall–Kier alpha value is -2.63. The number of carbonyl (C=O) groups is 2. The lowest BCUT2D eigenvalue weighted by molar-refractivity contribution is -0.140. The van der Waals surface area contributed by atoms with E-state index >= 15 is 0 Å². The summed E-state index contributed by atoms with van der Waals surface area (Å²) in [6.07, 6.45) is 4.58. The Balaban J connectivity index is 1.43. The Morgan fingerprint density at radius 3 is 2.36 bits per heavy atom. The molecule has 1 aliphatic heterocycles. The molecule has 28 heavy (non-hydrogen) atoms. The second-order valence-corrected chi connectivity index (χ2v) is 8.13. The third kappa shape index (κ3) is 3.55. The fourth-order valence-electron chi connectivity index (χ4n) is 4.11. The minimum atomic E-state index is -0.371. The summed E-state index contributed by atoms with van der Waals surface area (Å²) < 4.78 is 5.26. The van der Waals surface area contributed by atoms with E-state index in [4.69, 9.17) is 4.42 Å². The summed E-state index contributed by atoms with van der Waals surface area (Å²) in [6.45, 7) is 5.06. The van der Waals surface area contributed by atoms with E-state index in [1.165, 1.54) is 6.07 Å². The summed E-state index contributed by atoms with van der Waals surface area (Å²) in [5.41, 5.74) is 2.58. The Labute approximate surface area is 163 Å². The van der Waals surface area contributed by atoms with E-state index in [-0.39, 0.29) is 29.3 Å². The number of fused-ring (bicyclic) bond motifs is 1. The Morgan fingerprint density at radius 2 is 1.71 bits per heavy atom. The first-order chi connectivity index (χ1) is 13.4. The zero-order valence-corrected chi connectivity index (χ0v) is 16.4. The van der Waals surface area contributed by atoms with Crippen molar-refractivity contribution in [2.75, 3.05) is 18.4 Å². The maximum atomic E-state index is 12.8. The average Bonchev–Trinajstić information content (AvgIpc) is 2.61. The number of likely N-dealkylation sites (tertiary alicyclic amines) is 1. The van der Waals surface area contributed by atoms with Crippen LogP contribution >= 0.6 is 0 Å². The molecule has 1 aromatic carbocycles. The quantitative estimate of drug-likeness (QED) is 0.826.